The van der Waals surface area contributed by atoms with E-state index in [0.29, 0.717) is 11.3 Å². The summed E-state index contributed by atoms with van der Waals surface area (Å²) in [5.74, 6) is -0.177. The highest BCUT2D eigenvalue weighted by atomic mass is 19.1. The number of aromatic nitrogens is 1. The number of hydrogen-bond donors (Lipinski definition) is 0. The highest BCUT2D eigenvalue weighted by Crippen LogP contribution is 2.26. The zero-order valence-electron chi connectivity index (χ0n) is 19.2. The first-order chi connectivity index (χ1) is 15.2. The molecule has 0 spiro atoms. The van der Waals surface area contributed by atoms with Gasteiger partial charge in [-0.1, -0.05) is 88.8 Å². The number of aryl methyl sites for hydroxylation is 2. The van der Waals surface area contributed by atoms with Gasteiger partial charge in [-0.05, 0) is 60.6 Å². The van der Waals surface area contributed by atoms with Gasteiger partial charge in [0, 0.05) is 17.3 Å². The van der Waals surface area contributed by atoms with Crippen LogP contribution in [0.3, 0.4) is 0 Å². The first-order valence-electron chi connectivity index (χ1n) is 12.1. The van der Waals surface area contributed by atoms with E-state index in [1.165, 1.54) is 50.5 Å². The fourth-order valence-electron chi connectivity index (χ4n) is 4.00. The summed E-state index contributed by atoms with van der Waals surface area (Å²) in [5.41, 5.74) is 5.93. The zero-order valence-corrected chi connectivity index (χ0v) is 19.2. The van der Waals surface area contributed by atoms with Crippen molar-refractivity contribution in [3.63, 3.8) is 0 Å². The number of pyridine rings is 1. The Kier molecular flexibility index (Phi) is 9.27. The molecule has 1 heterocycles. The summed E-state index contributed by atoms with van der Waals surface area (Å²) in [6, 6.07) is 18.3. The zero-order chi connectivity index (χ0) is 21.9. The predicted molar refractivity (Wildman–Crippen MR) is 131 cm³/mol. The van der Waals surface area contributed by atoms with E-state index in [0.717, 1.165) is 36.0 Å². The molecule has 0 aliphatic carbocycles. The van der Waals surface area contributed by atoms with Crippen LogP contribution in [0.2, 0.25) is 0 Å². The van der Waals surface area contributed by atoms with Gasteiger partial charge in [0.2, 0.25) is 0 Å². The third-order valence-electron chi connectivity index (χ3n) is 6.00. The van der Waals surface area contributed by atoms with Crippen molar-refractivity contribution in [2.75, 3.05) is 0 Å². The molecular weight excluding hydrogens is 381 g/mol. The van der Waals surface area contributed by atoms with Gasteiger partial charge in [0.25, 0.3) is 0 Å². The maximum absolute atomic E-state index is 14.7. The van der Waals surface area contributed by atoms with Crippen LogP contribution in [0.5, 0.6) is 0 Å². The number of hydrogen-bond acceptors (Lipinski definition) is 1. The van der Waals surface area contributed by atoms with Crippen LogP contribution in [0.15, 0.2) is 60.8 Å². The van der Waals surface area contributed by atoms with Gasteiger partial charge in [-0.3, -0.25) is 4.98 Å². The molecule has 0 N–H and O–H groups in total. The van der Waals surface area contributed by atoms with Crippen LogP contribution in [-0.2, 0) is 12.8 Å². The Balaban J connectivity index is 1.60. The third kappa shape index (κ3) is 7.02. The van der Waals surface area contributed by atoms with Crippen LogP contribution in [0.1, 0.15) is 76.3 Å². The van der Waals surface area contributed by atoms with Crippen molar-refractivity contribution >= 4 is 0 Å². The van der Waals surface area contributed by atoms with Crippen LogP contribution in [0, 0.1) is 5.82 Å². The summed E-state index contributed by atoms with van der Waals surface area (Å²) in [4.78, 5) is 4.55. The van der Waals surface area contributed by atoms with Gasteiger partial charge in [-0.2, -0.15) is 0 Å². The fourth-order valence-corrected chi connectivity index (χ4v) is 4.00. The standard InChI is InChI=1S/C29H36FN/c1-3-5-7-8-9-10-12-24-15-19-27(28(30)21-24)29-20-18-26(22-31-29)25-16-13-23(14-17-25)11-6-4-2/h13-22H,3-12H2,1-2H3. The summed E-state index contributed by atoms with van der Waals surface area (Å²) in [6.45, 7) is 4.45. The molecular formula is C29H36FN. The average Bonchev–Trinajstić information content (AvgIpc) is 2.81. The molecule has 0 saturated carbocycles. The fraction of sp³-hybridized carbons (Fsp3) is 0.414. The van der Waals surface area contributed by atoms with E-state index in [9.17, 15) is 4.39 Å². The molecule has 2 aromatic carbocycles. The Morgan fingerprint density at radius 3 is 1.97 bits per heavy atom. The lowest BCUT2D eigenvalue weighted by Gasteiger charge is -2.08. The molecule has 2 heteroatoms. The molecule has 0 atom stereocenters. The van der Waals surface area contributed by atoms with Gasteiger partial charge in [0.15, 0.2) is 0 Å². The number of halogens is 1. The molecule has 3 rings (SSSR count). The lowest BCUT2D eigenvalue weighted by atomic mass is 10.0. The minimum absolute atomic E-state index is 0.177. The topological polar surface area (TPSA) is 12.9 Å². The van der Waals surface area contributed by atoms with Gasteiger partial charge in [0.05, 0.1) is 5.69 Å². The van der Waals surface area contributed by atoms with Gasteiger partial charge in [0.1, 0.15) is 5.82 Å². The molecule has 0 bridgehead atoms. The highest BCUT2D eigenvalue weighted by Gasteiger charge is 2.08. The van der Waals surface area contributed by atoms with Crippen LogP contribution in [0.25, 0.3) is 22.4 Å². The Labute approximate surface area is 187 Å². The number of unbranched alkanes of at least 4 members (excludes halogenated alkanes) is 6. The van der Waals surface area contributed by atoms with Crippen molar-refractivity contribution in [3.8, 4) is 22.4 Å². The second kappa shape index (κ2) is 12.4. The lowest BCUT2D eigenvalue weighted by Crippen LogP contribution is -1.93. The van der Waals surface area contributed by atoms with Crippen molar-refractivity contribution in [3.05, 3.63) is 77.7 Å². The Morgan fingerprint density at radius 2 is 1.29 bits per heavy atom. The van der Waals surface area contributed by atoms with Crippen molar-refractivity contribution in [2.45, 2.75) is 78.1 Å². The first-order valence-corrected chi connectivity index (χ1v) is 12.1. The van der Waals surface area contributed by atoms with Crippen LogP contribution in [0.4, 0.5) is 4.39 Å². The van der Waals surface area contributed by atoms with Crippen molar-refractivity contribution in [2.24, 2.45) is 0 Å². The van der Waals surface area contributed by atoms with Gasteiger partial charge < -0.3 is 0 Å². The van der Waals surface area contributed by atoms with Crippen LogP contribution >= 0.6 is 0 Å². The smallest absolute Gasteiger partial charge is 0.132 e. The van der Waals surface area contributed by atoms with Crippen LogP contribution in [-0.4, -0.2) is 4.98 Å². The first kappa shape index (κ1) is 23.2. The number of rotatable bonds is 12. The highest BCUT2D eigenvalue weighted by molar-refractivity contribution is 5.67. The molecule has 0 radical (unpaired) electrons. The summed E-state index contributed by atoms with van der Waals surface area (Å²) in [6.07, 6.45) is 13.9. The molecule has 1 aromatic heterocycles. The molecule has 3 aromatic rings. The molecule has 0 saturated heterocycles. The van der Waals surface area contributed by atoms with Crippen molar-refractivity contribution in [1.82, 2.24) is 4.98 Å². The normalized spacial score (nSPS) is 11.1. The van der Waals surface area contributed by atoms with Gasteiger partial charge >= 0.3 is 0 Å². The number of benzene rings is 2. The molecule has 164 valence electrons. The SMILES string of the molecule is CCCCCCCCc1ccc(-c2ccc(-c3ccc(CCCC)cc3)cn2)c(F)c1. The van der Waals surface area contributed by atoms with E-state index in [1.54, 1.807) is 6.07 Å². The maximum Gasteiger partial charge on any atom is 0.132 e. The Morgan fingerprint density at radius 1 is 0.645 bits per heavy atom. The quantitative estimate of drug-likeness (QED) is 0.268. The summed E-state index contributed by atoms with van der Waals surface area (Å²) < 4.78 is 14.7. The third-order valence-corrected chi connectivity index (χ3v) is 6.00. The largest absolute Gasteiger partial charge is 0.256 e. The van der Waals surface area contributed by atoms with E-state index in [4.69, 9.17) is 0 Å². The second-order valence-electron chi connectivity index (χ2n) is 8.56. The summed E-state index contributed by atoms with van der Waals surface area (Å²) >= 11 is 0. The molecule has 0 amide bonds. The van der Waals surface area contributed by atoms with Crippen LogP contribution < -0.4 is 0 Å². The monoisotopic (exact) mass is 417 g/mol. The lowest BCUT2D eigenvalue weighted by molar-refractivity contribution is 0.603. The predicted octanol–water partition coefficient (Wildman–Crippen LogP) is 8.80. The minimum atomic E-state index is -0.177. The molecule has 1 nitrogen and oxygen atoms in total. The molecule has 0 aliphatic heterocycles. The van der Waals surface area contributed by atoms with E-state index < -0.39 is 0 Å². The average molecular weight is 418 g/mol. The Bertz CT molecular complexity index is 912. The summed E-state index contributed by atoms with van der Waals surface area (Å²) in [5, 5.41) is 0. The van der Waals surface area contributed by atoms with Crippen molar-refractivity contribution in [1.29, 1.82) is 0 Å². The van der Waals surface area contributed by atoms with E-state index >= 15 is 0 Å². The second-order valence-corrected chi connectivity index (χ2v) is 8.56. The van der Waals surface area contributed by atoms with Gasteiger partial charge in [-0.15, -0.1) is 0 Å². The minimum Gasteiger partial charge on any atom is -0.256 e. The summed E-state index contributed by atoms with van der Waals surface area (Å²) in [7, 11) is 0. The molecule has 31 heavy (non-hydrogen) atoms. The van der Waals surface area contributed by atoms with E-state index in [2.05, 4.69) is 49.2 Å². The van der Waals surface area contributed by atoms with Crippen molar-refractivity contribution < 1.29 is 4.39 Å². The molecule has 0 aliphatic rings. The van der Waals surface area contributed by atoms with E-state index in [1.807, 2.05) is 24.4 Å². The Hall–Kier alpha value is -2.48. The maximum atomic E-state index is 14.7. The molecule has 0 unspecified atom stereocenters. The van der Waals surface area contributed by atoms with Gasteiger partial charge in [-0.25, -0.2) is 4.39 Å². The molecule has 0 fully saturated rings. The number of nitrogens with zero attached hydrogens (tertiary/aromatic N) is 1. The van der Waals surface area contributed by atoms with E-state index in [-0.39, 0.29) is 5.82 Å².